The summed E-state index contributed by atoms with van der Waals surface area (Å²) in [5.41, 5.74) is 0.583. The number of ether oxygens (including phenoxy) is 2. The predicted molar refractivity (Wildman–Crippen MR) is 90.7 cm³/mol. The van der Waals surface area contributed by atoms with E-state index in [0.29, 0.717) is 30.3 Å². The fourth-order valence-electron chi connectivity index (χ4n) is 3.24. The number of amides is 1. The van der Waals surface area contributed by atoms with Gasteiger partial charge in [-0.15, -0.1) is 0 Å². The topological polar surface area (TPSA) is 55.8 Å². The van der Waals surface area contributed by atoms with E-state index in [1.165, 1.54) is 19.3 Å². The van der Waals surface area contributed by atoms with Crippen molar-refractivity contribution in [2.75, 3.05) is 26.3 Å². The van der Waals surface area contributed by atoms with Gasteiger partial charge in [0.2, 0.25) is 5.91 Å². The predicted octanol–water partition coefficient (Wildman–Crippen LogP) is 3.21. The van der Waals surface area contributed by atoms with Crippen LogP contribution in [0.3, 0.4) is 0 Å². The molecule has 5 nitrogen and oxygen atoms in total. The van der Waals surface area contributed by atoms with Gasteiger partial charge in [0.15, 0.2) is 17.3 Å². The third kappa shape index (κ3) is 4.28. The van der Waals surface area contributed by atoms with Gasteiger partial charge in [-0.2, -0.15) is 0 Å². The minimum atomic E-state index is -0.0210. The number of fused-ring (bicyclic) bond motifs is 1. The molecule has 2 aliphatic rings. The van der Waals surface area contributed by atoms with Crippen molar-refractivity contribution >= 4 is 11.7 Å². The number of Topliss-reactive ketones (excluding diaryl/α,β-unsaturated/α-hetero) is 1. The molecule has 2 heterocycles. The molecule has 0 aliphatic carbocycles. The second-order valence-corrected chi connectivity index (χ2v) is 6.43. The van der Waals surface area contributed by atoms with Crippen LogP contribution in [0.15, 0.2) is 18.2 Å². The van der Waals surface area contributed by atoms with Crippen molar-refractivity contribution < 1.29 is 19.1 Å². The van der Waals surface area contributed by atoms with Crippen molar-refractivity contribution in [2.45, 2.75) is 44.9 Å². The van der Waals surface area contributed by atoms with Crippen LogP contribution in [-0.4, -0.2) is 42.9 Å². The Balaban J connectivity index is 1.53. The normalized spacial score (nSPS) is 17.8. The van der Waals surface area contributed by atoms with Crippen LogP contribution in [0.5, 0.6) is 11.5 Å². The van der Waals surface area contributed by atoms with E-state index in [-0.39, 0.29) is 24.5 Å². The molecule has 0 bridgehead atoms. The minimum absolute atomic E-state index is 0.0210. The highest BCUT2D eigenvalue weighted by Crippen LogP contribution is 2.31. The number of hydrogen-bond donors (Lipinski definition) is 0. The van der Waals surface area contributed by atoms with Crippen molar-refractivity contribution in [3.63, 3.8) is 0 Å². The number of likely N-dealkylation sites (tertiary alicyclic amines) is 1. The summed E-state index contributed by atoms with van der Waals surface area (Å²) in [4.78, 5) is 26.7. The van der Waals surface area contributed by atoms with E-state index in [9.17, 15) is 9.59 Å². The van der Waals surface area contributed by atoms with Crippen LogP contribution in [0.4, 0.5) is 0 Å². The maximum Gasteiger partial charge on any atom is 0.223 e. The fourth-order valence-corrected chi connectivity index (χ4v) is 3.24. The first-order valence-corrected chi connectivity index (χ1v) is 8.95. The molecule has 0 aromatic heterocycles. The first kappa shape index (κ1) is 16.8. The van der Waals surface area contributed by atoms with Gasteiger partial charge in [0.25, 0.3) is 0 Å². The SMILES string of the molecule is O=C(CCC(=O)N1CCCCCCC1)c1ccc2c(c1)OCCO2. The molecule has 1 amide bonds. The molecule has 130 valence electrons. The van der Waals surface area contributed by atoms with Crippen molar-refractivity contribution in [1.29, 1.82) is 0 Å². The Morgan fingerprint density at radius 2 is 1.54 bits per heavy atom. The molecule has 0 radical (unpaired) electrons. The highest BCUT2D eigenvalue weighted by atomic mass is 16.6. The maximum atomic E-state index is 12.4. The zero-order chi connectivity index (χ0) is 16.8. The molecule has 1 fully saturated rings. The lowest BCUT2D eigenvalue weighted by Crippen LogP contribution is -2.33. The van der Waals surface area contributed by atoms with Gasteiger partial charge in [0.05, 0.1) is 0 Å². The molecule has 24 heavy (non-hydrogen) atoms. The Hall–Kier alpha value is -2.04. The maximum absolute atomic E-state index is 12.4. The molecular formula is C19H25NO4. The summed E-state index contributed by atoms with van der Waals surface area (Å²) in [7, 11) is 0. The van der Waals surface area contributed by atoms with Gasteiger partial charge in [0, 0.05) is 31.5 Å². The zero-order valence-corrected chi connectivity index (χ0v) is 14.1. The van der Waals surface area contributed by atoms with Crippen molar-refractivity contribution in [3.8, 4) is 11.5 Å². The number of carbonyl (C=O) groups is 2. The molecular weight excluding hydrogens is 306 g/mol. The van der Waals surface area contributed by atoms with Gasteiger partial charge in [0.1, 0.15) is 13.2 Å². The Bertz CT molecular complexity index is 591. The summed E-state index contributed by atoms with van der Waals surface area (Å²) in [6, 6.07) is 5.23. The smallest absolute Gasteiger partial charge is 0.223 e. The van der Waals surface area contributed by atoms with Crippen LogP contribution in [-0.2, 0) is 4.79 Å². The van der Waals surface area contributed by atoms with Crippen LogP contribution in [0.1, 0.15) is 55.3 Å². The largest absolute Gasteiger partial charge is 0.486 e. The van der Waals surface area contributed by atoms with Crippen molar-refractivity contribution in [1.82, 2.24) is 4.90 Å². The van der Waals surface area contributed by atoms with E-state index in [1.807, 2.05) is 4.90 Å². The molecule has 1 saturated heterocycles. The first-order chi connectivity index (χ1) is 11.7. The van der Waals surface area contributed by atoms with E-state index in [4.69, 9.17) is 9.47 Å². The van der Waals surface area contributed by atoms with E-state index in [2.05, 4.69) is 0 Å². The minimum Gasteiger partial charge on any atom is -0.486 e. The van der Waals surface area contributed by atoms with E-state index in [1.54, 1.807) is 18.2 Å². The average molecular weight is 331 g/mol. The standard InChI is InChI=1S/C19H25NO4/c21-16(15-6-8-17-18(14-15)24-13-12-23-17)7-9-19(22)20-10-4-2-1-3-5-11-20/h6,8,14H,1-5,7,9-13H2. The summed E-state index contributed by atoms with van der Waals surface area (Å²) in [6.07, 6.45) is 6.33. The molecule has 0 saturated carbocycles. The lowest BCUT2D eigenvalue weighted by atomic mass is 10.0. The molecule has 0 spiro atoms. The van der Waals surface area contributed by atoms with Crippen LogP contribution in [0.25, 0.3) is 0 Å². The van der Waals surface area contributed by atoms with Crippen molar-refractivity contribution in [2.24, 2.45) is 0 Å². The Morgan fingerprint density at radius 3 is 2.29 bits per heavy atom. The van der Waals surface area contributed by atoms with E-state index < -0.39 is 0 Å². The second kappa shape index (κ2) is 8.18. The molecule has 3 rings (SSSR count). The molecule has 1 aromatic rings. The van der Waals surface area contributed by atoms with Gasteiger partial charge in [-0.25, -0.2) is 0 Å². The summed E-state index contributed by atoms with van der Waals surface area (Å²) in [5.74, 6) is 1.37. The molecule has 0 unspecified atom stereocenters. The summed E-state index contributed by atoms with van der Waals surface area (Å²) in [6.45, 7) is 2.69. The number of benzene rings is 1. The average Bonchev–Trinajstić information content (AvgIpc) is 2.58. The number of hydrogen-bond acceptors (Lipinski definition) is 4. The number of nitrogens with zero attached hydrogens (tertiary/aromatic N) is 1. The third-order valence-electron chi connectivity index (χ3n) is 4.64. The molecule has 2 aliphatic heterocycles. The highest BCUT2D eigenvalue weighted by Gasteiger charge is 2.18. The van der Waals surface area contributed by atoms with Crippen LogP contribution >= 0.6 is 0 Å². The van der Waals surface area contributed by atoms with Gasteiger partial charge < -0.3 is 14.4 Å². The Morgan fingerprint density at radius 1 is 0.875 bits per heavy atom. The van der Waals surface area contributed by atoms with Crippen LogP contribution in [0.2, 0.25) is 0 Å². The lowest BCUT2D eigenvalue weighted by molar-refractivity contribution is -0.131. The molecule has 0 N–H and O–H groups in total. The molecule has 5 heteroatoms. The monoisotopic (exact) mass is 331 g/mol. The third-order valence-corrected chi connectivity index (χ3v) is 4.64. The highest BCUT2D eigenvalue weighted by molar-refractivity contribution is 5.98. The van der Waals surface area contributed by atoms with Gasteiger partial charge in [-0.3, -0.25) is 9.59 Å². The van der Waals surface area contributed by atoms with E-state index in [0.717, 1.165) is 25.9 Å². The number of ketones is 1. The lowest BCUT2D eigenvalue weighted by Gasteiger charge is -2.24. The Labute approximate surface area is 142 Å². The molecule has 1 aromatic carbocycles. The summed E-state index contributed by atoms with van der Waals surface area (Å²) < 4.78 is 11.0. The summed E-state index contributed by atoms with van der Waals surface area (Å²) >= 11 is 0. The molecule has 0 atom stereocenters. The number of rotatable bonds is 4. The fraction of sp³-hybridized carbons (Fsp3) is 0.579. The van der Waals surface area contributed by atoms with Crippen LogP contribution in [0, 0.1) is 0 Å². The van der Waals surface area contributed by atoms with Gasteiger partial charge in [-0.1, -0.05) is 19.3 Å². The van der Waals surface area contributed by atoms with Gasteiger partial charge in [-0.05, 0) is 31.0 Å². The van der Waals surface area contributed by atoms with Gasteiger partial charge >= 0.3 is 0 Å². The number of carbonyl (C=O) groups excluding carboxylic acids is 2. The second-order valence-electron chi connectivity index (χ2n) is 6.43. The zero-order valence-electron chi connectivity index (χ0n) is 14.1. The summed E-state index contributed by atoms with van der Waals surface area (Å²) in [5, 5.41) is 0. The quantitative estimate of drug-likeness (QED) is 0.795. The van der Waals surface area contributed by atoms with Crippen LogP contribution < -0.4 is 9.47 Å². The van der Waals surface area contributed by atoms with Crippen molar-refractivity contribution in [3.05, 3.63) is 23.8 Å². The first-order valence-electron chi connectivity index (χ1n) is 8.95. The van der Waals surface area contributed by atoms with E-state index >= 15 is 0 Å². The Kier molecular flexibility index (Phi) is 5.72.